The number of hydrogen-bond acceptors (Lipinski definition) is 2. The SMILES string of the molecule is CCC(C)(CC(O)(Cc1ccnc2ccccc12)C(F)(F)F)c1ccccc1. The van der Waals surface area contributed by atoms with E-state index >= 15 is 0 Å². The van der Waals surface area contributed by atoms with Gasteiger partial charge in [-0.05, 0) is 41.5 Å². The molecule has 0 spiro atoms. The average molecular weight is 387 g/mol. The number of rotatable bonds is 6. The second-order valence-electron chi connectivity index (χ2n) is 7.65. The molecule has 2 unspecified atom stereocenters. The maximum Gasteiger partial charge on any atom is 0.417 e. The van der Waals surface area contributed by atoms with E-state index in [1.807, 2.05) is 37.3 Å². The van der Waals surface area contributed by atoms with E-state index in [1.54, 1.807) is 37.3 Å². The van der Waals surface area contributed by atoms with Crippen molar-refractivity contribution in [3.63, 3.8) is 0 Å². The molecule has 28 heavy (non-hydrogen) atoms. The van der Waals surface area contributed by atoms with Gasteiger partial charge in [-0.15, -0.1) is 0 Å². The summed E-state index contributed by atoms with van der Waals surface area (Å²) >= 11 is 0. The molecule has 0 saturated carbocycles. The number of aliphatic hydroxyl groups is 1. The van der Waals surface area contributed by atoms with Crippen molar-refractivity contribution in [1.82, 2.24) is 4.98 Å². The molecule has 0 aliphatic rings. The molecular formula is C23H24F3NO. The Bertz CT molecular complexity index is 936. The maximum absolute atomic E-state index is 14.1. The molecule has 1 heterocycles. The van der Waals surface area contributed by atoms with Crippen LogP contribution in [0, 0.1) is 0 Å². The zero-order valence-corrected chi connectivity index (χ0v) is 16.0. The van der Waals surface area contributed by atoms with Gasteiger partial charge in [-0.25, -0.2) is 0 Å². The zero-order valence-electron chi connectivity index (χ0n) is 16.0. The number of halogens is 3. The summed E-state index contributed by atoms with van der Waals surface area (Å²) in [5.41, 5.74) is -1.81. The van der Waals surface area contributed by atoms with Crippen LogP contribution in [0.4, 0.5) is 13.2 Å². The normalized spacial score (nSPS) is 16.5. The van der Waals surface area contributed by atoms with Gasteiger partial charge in [-0.3, -0.25) is 4.98 Å². The lowest BCUT2D eigenvalue weighted by Gasteiger charge is -2.40. The van der Waals surface area contributed by atoms with E-state index in [1.165, 1.54) is 6.20 Å². The molecule has 3 rings (SSSR count). The third-order valence-corrected chi connectivity index (χ3v) is 5.68. The third kappa shape index (κ3) is 3.90. The van der Waals surface area contributed by atoms with E-state index in [4.69, 9.17) is 0 Å². The first-order chi connectivity index (χ1) is 13.2. The summed E-state index contributed by atoms with van der Waals surface area (Å²) < 4.78 is 42.3. The van der Waals surface area contributed by atoms with Crippen LogP contribution < -0.4 is 0 Å². The Morgan fingerprint density at radius 1 is 0.929 bits per heavy atom. The summed E-state index contributed by atoms with van der Waals surface area (Å²) in [4.78, 5) is 4.21. The van der Waals surface area contributed by atoms with Crippen molar-refractivity contribution in [3.8, 4) is 0 Å². The van der Waals surface area contributed by atoms with Crippen molar-refractivity contribution in [2.45, 2.75) is 50.3 Å². The Morgan fingerprint density at radius 3 is 2.21 bits per heavy atom. The summed E-state index contributed by atoms with van der Waals surface area (Å²) in [6.45, 7) is 3.63. The fraction of sp³-hybridized carbons (Fsp3) is 0.348. The maximum atomic E-state index is 14.1. The Kier molecular flexibility index (Phi) is 5.48. The average Bonchev–Trinajstić information content (AvgIpc) is 2.68. The molecular weight excluding hydrogens is 363 g/mol. The molecule has 0 aliphatic heterocycles. The molecule has 2 atom stereocenters. The van der Waals surface area contributed by atoms with Gasteiger partial charge in [-0.1, -0.05) is 62.4 Å². The summed E-state index contributed by atoms with van der Waals surface area (Å²) in [5, 5.41) is 11.6. The van der Waals surface area contributed by atoms with Gasteiger partial charge < -0.3 is 5.11 Å². The fourth-order valence-corrected chi connectivity index (χ4v) is 3.80. The van der Waals surface area contributed by atoms with Crippen LogP contribution in [0.15, 0.2) is 66.9 Å². The van der Waals surface area contributed by atoms with E-state index in [0.29, 0.717) is 22.9 Å². The summed E-state index contributed by atoms with van der Waals surface area (Å²) in [7, 11) is 0. The fourth-order valence-electron chi connectivity index (χ4n) is 3.80. The van der Waals surface area contributed by atoms with Crippen LogP contribution >= 0.6 is 0 Å². The lowest BCUT2D eigenvalue weighted by Crippen LogP contribution is -2.51. The number of benzene rings is 2. The number of aromatic nitrogens is 1. The molecule has 148 valence electrons. The molecule has 0 aliphatic carbocycles. The first-order valence-electron chi connectivity index (χ1n) is 9.36. The van der Waals surface area contributed by atoms with Crippen LogP contribution in [0.2, 0.25) is 0 Å². The number of para-hydroxylation sites is 1. The van der Waals surface area contributed by atoms with Crippen LogP contribution in [-0.2, 0) is 11.8 Å². The lowest BCUT2D eigenvalue weighted by molar-refractivity contribution is -0.266. The minimum absolute atomic E-state index is 0.416. The second-order valence-corrected chi connectivity index (χ2v) is 7.65. The molecule has 1 aromatic heterocycles. The highest BCUT2D eigenvalue weighted by molar-refractivity contribution is 5.81. The standard InChI is InChI=1S/C23H24F3NO/c1-3-21(2,18-9-5-4-6-10-18)16-22(28,23(24,25)26)15-17-13-14-27-20-12-8-7-11-19(17)20/h4-14,28H,3,15-16H2,1-2H3. The van der Waals surface area contributed by atoms with Gasteiger partial charge in [0.1, 0.15) is 0 Å². The third-order valence-electron chi connectivity index (χ3n) is 5.68. The molecule has 0 fully saturated rings. The quantitative estimate of drug-likeness (QED) is 0.577. The second kappa shape index (κ2) is 7.55. The zero-order chi connectivity index (χ0) is 20.4. The molecule has 0 amide bonds. The van der Waals surface area contributed by atoms with Gasteiger partial charge in [-0.2, -0.15) is 13.2 Å². The summed E-state index contributed by atoms with van der Waals surface area (Å²) in [6, 6.07) is 17.7. The smallest absolute Gasteiger partial charge is 0.380 e. The highest BCUT2D eigenvalue weighted by Crippen LogP contribution is 2.45. The number of nitrogens with zero attached hydrogens (tertiary/aromatic N) is 1. The molecule has 5 heteroatoms. The molecule has 0 radical (unpaired) electrons. The summed E-state index contributed by atoms with van der Waals surface area (Å²) in [5.74, 6) is 0. The molecule has 3 aromatic rings. The van der Waals surface area contributed by atoms with Gasteiger partial charge >= 0.3 is 6.18 Å². The van der Waals surface area contributed by atoms with Crippen molar-refractivity contribution in [2.75, 3.05) is 0 Å². The Labute approximate surface area is 163 Å². The van der Waals surface area contributed by atoms with E-state index in [2.05, 4.69) is 4.98 Å². The largest absolute Gasteiger partial charge is 0.417 e. The van der Waals surface area contributed by atoms with Crippen LogP contribution in [0.25, 0.3) is 10.9 Å². The van der Waals surface area contributed by atoms with E-state index in [-0.39, 0.29) is 0 Å². The van der Waals surface area contributed by atoms with Gasteiger partial charge in [0.25, 0.3) is 0 Å². The highest BCUT2D eigenvalue weighted by atomic mass is 19.4. The van der Waals surface area contributed by atoms with Crippen molar-refractivity contribution in [3.05, 3.63) is 78.0 Å². The summed E-state index contributed by atoms with van der Waals surface area (Å²) in [6.07, 6.45) is -3.72. The Balaban J connectivity index is 2.03. The molecule has 2 aromatic carbocycles. The predicted octanol–water partition coefficient (Wildman–Crippen LogP) is 5.83. The lowest BCUT2D eigenvalue weighted by atomic mass is 9.70. The Hall–Kier alpha value is -2.40. The predicted molar refractivity (Wildman–Crippen MR) is 105 cm³/mol. The van der Waals surface area contributed by atoms with E-state index < -0.39 is 30.0 Å². The van der Waals surface area contributed by atoms with Gasteiger partial charge in [0.2, 0.25) is 0 Å². The van der Waals surface area contributed by atoms with Crippen LogP contribution in [-0.4, -0.2) is 21.9 Å². The number of pyridine rings is 1. The van der Waals surface area contributed by atoms with Crippen molar-refractivity contribution < 1.29 is 18.3 Å². The number of fused-ring (bicyclic) bond motifs is 1. The highest BCUT2D eigenvalue weighted by Gasteiger charge is 2.56. The van der Waals surface area contributed by atoms with Crippen LogP contribution in [0.5, 0.6) is 0 Å². The topological polar surface area (TPSA) is 33.1 Å². The first kappa shape index (κ1) is 20.3. The van der Waals surface area contributed by atoms with Gasteiger partial charge in [0.15, 0.2) is 5.60 Å². The molecule has 2 nitrogen and oxygen atoms in total. The van der Waals surface area contributed by atoms with Crippen molar-refractivity contribution in [2.24, 2.45) is 0 Å². The van der Waals surface area contributed by atoms with Crippen molar-refractivity contribution in [1.29, 1.82) is 0 Å². The van der Waals surface area contributed by atoms with Gasteiger partial charge in [0, 0.05) is 18.0 Å². The van der Waals surface area contributed by atoms with E-state index in [0.717, 1.165) is 5.56 Å². The van der Waals surface area contributed by atoms with E-state index in [9.17, 15) is 18.3 Å². The minimum Gasteiger partial charge on any atom is -0.380 e. The number of hydrogen-bond donors (Lipinski definition) is 1. The minimum atomic E-state index is -4.76. The van der Waals surface area contributed by atoms with Crippen LogP contribution in [0.3, 0.4) is 0 Å². The molecule has 0 saturated heterocycles. The molecule has 0 bridgehead atoms. The van der Waals surface area contributed by atoms with Crippen molar-refractivity contribution >= 4 is 10.9 Å². The monoisotopic (exact) mass is 387 g/mol. The van der Waals surface area contributed by atoms with Gasteiger partial charge in [0.05, 0.1) is 5.52 Å². The Morgan fingerprint density at radius 2 is 1.57 bits per heavy atom. The molecule has 1 N–H and O–H groups in total. The first-order valence-corrected chi connectivity index (χ1v) is 9.36. The number of alkyl halides is 3. The van der Waals surface area contributed by atoms with Crippen LogP contribution in [0.1, 0.15) is 37.8 Å².